The molecule has 0 N–H and O–H groups in total. The lowest BCUT2D eigenvalue weighted by molar-refractivity contribution is 0.0753. The molecule has 0 aromatic carbocycles. The molecule has 0 saturated carbocycles. The molecule has 0 spiro atoms. The molecule has 0 bridgehead atoms. The van der Waals surface area contributed by atoms with E-state index in [1.165, 1.54) is 0 Å². The van der Waals surface area contributed by atoms with Crippen LogP contribution in [0.5, 0.6) is 0 Å². The number of pyridine rings is 1. The average molecular weight is 285 g/mol. The predicted molar refractivity (Wildman–Crippen MR) is 76.4 cm³/mol. The minimum absolute atomic E-state index is 0.00787. The summed E-state index contributed by atoms with van der Waals surface area (Å²) < 4.78 is 0. The number of aromatic nitrogens is 1. The van der Waals surface area contributed by atoms with Crippen LogP contribution in [0, 0.1) is 6.92 Å². The van der Waals surface area contributed by atoms with Gasteiger partial charge in [-0.1, -0.05) is 25.4 Å². The van der Waals surface area contributed by atoms with Crippen molar-refractivity contribution in [2.45, 2.75) is 31.3 Å². The Kier molecular flexibility index (Phi) is 4.17. The highest BCUT2D eigenvalue weighted by Crippen LogP contribution is 2.27. The molecular weight excluding hydrogens is 268 g/mol. The molecule has 2 atom stereocenters. The van der Waals surface area contributed by atoms with E-state index in [9.17, 15) is 4.79 Å². The number of hydrogen-bond donors (Lipinski definition) is 0. The monoisotopic (exact) mass is 284 g/mol. The number of amides is 1. The molecule has 2 heterocycles. The van der Waals surface area contributed by atoms with Crippen molar-refractivity contribution in [3.8, 4) is 0 Å². The van der Waals surface area contributed by atoms with Gasteiger partial charge in [-0.05, 0) is 13.0 Å². The molecule has 5 heteroatoms. The van der Waals surface area contributed by atoms with Gasteiger partial charge in [-0.2, -0.15) is 11.8 Å². The summed E-state index contributed by atoms with van der Waals surface area (Å²) in [4.78, 5) is 18.5. The van der Waals surface area contributed by atoms with Crippen molar-refractivity contribution >= 4 is 29.3 Å². The molecule has 1 amide bonds. The van der Waals surface area contributed by atoms with E-state index in [1.807, 2.05) is 23.6 Å². The Labute approximate surface area is 117 Å². The molecule has 2 unspecified atom stereocenters. The smallest absolute Gasteiger partial charge is 0.257 e. The number of halogens is 1. The van der Waals surface area contributed by atoms with Crippen LogP contribution >= 0.6 is 23.4 Å². The van der Waals surface area contributed by atoms with Gasteiger partial charge in [0.1, 0.15) is 0 Å². The lowest BCUT2D eigenvalue weighted by atomic mass is 10.2. The molecule has 0 aliphatic carbocycles. The molecule has 2 rings (SSSR count). The SMILES string of the molecule is Cc1cc(Cl)c(C(=O)N2CC(C)SC(C)C2)cn1. The average Bonchev–Trinajstić information content (AvgIpc) is 2.26. The van der Waals surface area contributed by atoms with Gasteiger partial charge in [-0.25, -0.2) is 0 Å². The van der Waals surface area contributed by atoms with E-state index in [0.717, 1.165) is 18.8 Å². The Morgan fingerprint density at radius 1 is 1.44 bits per heavy atom. The van der Waals surface area contributed by atoms with Crippen LogP contribution in [-0.2, 0) is 0 Å². The van der Waals surface area contributed by atoms with Crippen LogP contribution in [-0.4, -0.2) is 39.4 Å². The van der Waals surface area contributed by atoms with Gasteiger partial charge in [0.15, 0.2) is 0 Å². The predicted octanol–water partition coefficient (Wildman–Crippen LogP) is 3.01. The van der Waals surface area contributed by atoms with Crippen LogP contribution in [0.15, 0.2) is 12.3 Å². The summed E-state index contributed by atoms with van der Waals surface area (Å²) in [5, 5.41) is 1.43. The van der Waals surface area contributed by atoms with Gasteiger partial charge in [-0.3, -0.25) is 9.78 Å². The Morgan fingerprint density at radius 2 is 2.06 bits per heavy atom. The van der Waals surface area contributed by atoms with Crippen molar-refractivity contribution < 1.29 is 4.79 Å². The molecule has 3 nitrogen and oxygen atoms in total. The van der Waals surface area contributed by atoms with E-state index in [4.69, 9.17) is 11.6 Å². The molecule has 1 aliphatic heterocycles. The van der Waals surface area contributed by atoms with E-state index in [1.54, 1.807) is 12.3 Å². The zero-order chi connectivity index (χ0) is 13.3. The molecule has 18 heavy (non-hydrogen) atoms. The first-order chi connectivity index (χ1) is 8.47. The number of carbonyl (C=O) groups excluding carboxylic acids is 1. The van der Waals surface area contributed by atoms with Gasteiger partial charge in [0.2, 0.25) is 0 Å². The number of aryl methyl sites for hydroxylation is 1. The number of thioether (sulfide) groups is 1. The number of nitrogens with zero attached hydrogens (tertiary/aromatic N) is 2. The quantitative estimate of drug-likeness (QED) is 0.795. The van der Waals surface area contributed by atoms with E-state index in [2.05, 4.69) is 18.8 Å². The Morgan fingerprint density at radius 3 is 2.61 bits per heavy atom. The Bertz CT molecular complexity index is 456. The third-order valence-corrected chi connectivity index (χ3v) is 4.47. The van der Waals surface area contributed by atoms with E-state index < -0.39 is 0 Å². The van der Waals surface area contributed by atoms with Crippen molar-refractivity contribution in [3.05, 3.63) is 28.5 Å². The van der Waals surface area contributed by atoms with Crippen LogP contribution in [0.25, 0.3) is 0 Å². The number of hydrogen-bond acceptors (Lipinski definition) is 3. The molecule has 1 fully saturated rings. The molecule has 0 radical (unpaired) electrons. The highest BCUT2D eigenvalue weighted by atomic mass is 35.5. The van der Waals surface area contributed by atoms with Gasteiger partial charge < -0.3 is 4.90 Å². The fourth-order valence-electron chi connectivity index (χ4n) is 2.20. The zero-order valence-corrected chi connectivity index (χ0v) is 12.4. The highest BCUT2D eigenvalue weighted by molar-refractivity contribution is 8.00. The van der Waals surface area contributed by atoms with Crippen LogP contribution < -0.4 is 0 Å². The minimum atomic E-state index is -0.00787. The number of carbonyl (C=O) groups is 1. The van der Waals surface area contributed by atoms with Crippen molar-refractivity contribution in [1.29, 1.82) is 0 Å². The molecule has 1 aromatic heterocycles. The lowest BCUT2D eigenvalue weighted by Gasteiger charge is -2.34. The second-order valence-electron chi connectivity index (χ2n) is 4.77. The molecule has 98 valence electrons. The topological polar surface area (TPSA) is 33.2 Å². The van der Waals surface area contributed by atoms with Gasteiger partial charge in [0, 0.05) is 35.5 Å². The van der Waals surface area contributed by atoms with Gasteiger partial charge in [0.05, 0.1) is 10.6 Å². The Balaban J connectivity index is 2.20. The normalized spacial score (nSPS) is 24.1. The summed E-state index contributed by atoms with van der Waals surface area (Å²) in [6.07, 6.45) is 1.58. The summed E-state index contributed by atoms with van der Waals surface area (Å²) in [5.74, 6) is -0.00787. The number of rotatable bonds is 1. The van der Waals surface area contributed by atoms with E-state index in [-0.39, 0.29) is 5.91 Å². The first kappa shape index (κ1) is 13.7. The molecule has 1 saturated heterocycles. The maximum atomic E-state index is 12.4. The largest absolute Gasteiger partial charge is 0.336 e. The molecule has 1 aliphatic rings. The van der Waals surface area contributed by atoms with E-state index in [0.29, 0.717) is 21.1 Å². The summed E-state index contributed by atoms with van der Waals surface area (Å²) in [6.45, 7) is 7.71. The summed E-state index contributed by atoms with van der Waals surface area (Å²) in [5.41, 5.74) is 1.33. The summed E-state index contributed by atoms with van der Waals surface area (Å²) in [6, 6.07) is 1.74. The first-order valence-corrected chi connectivity index (χ1v) is 7.36. The summed E-state index contributed by atoms with van der Waals surface area (Å²) >= 11 is 8.05. The fraction of sp³-hybridized carbons (Fsp3) is 0.538. The second-order valence-corrected chi connectivity index (χ2v) is 7.06. The Hall–Kier alpha value is -0.740. The highest BCUT2D eigenvalue weighted by Gasteiger charge is 2.27. The maximum absolute atomic E-state index is 12.4. The second kappa shape index (κ2) is 5.49. The van der Waals surface area contributed by atoms with Crippen LogP contribution in [0.1, 0.15) is 29.9 Å². The van der Waals surface area contributed by atoms with Gasteiger partial charge in [-0.15, -0.1) is 0 Å². The van der Waals surface area contributed by atoms with Gasteiger partial charge in [0.25, 0.3) is 5.91 Å². The fourth-order valence-corrected chi connectivity index (χ4v) is 3.81. The third kappa shape index (κ3) is 2.98. The van der Waals surface area contributed by atoms with Crippen LogP contribution in [0.2, 0.25) is 5.02 Å². The molecular formula is C13H17ClN2OS. The molecule has 1 aromatic rings. The van der Waals surface area contributed by atoms with Gasteiger partial charge >= 0.3 is 0 Å². The van der Waals surface area contributed by atoms with E-state index >= 15 is 0 Å². The standard InChI is InChI=1S/C13H17ClN2OS/c1-8-4-12(14)11(5-15-8)13(17)16-6-9(2)18-10(3)7-16/h4-5,9-10H,6-7H2,1-3H3. The lowest BCUT2D eigenvalue weighted by Crippen LogP contribution is -2.44. The van der Waals surface area contributed by atoms with Crippen molar-refractivity contribution in [1.82, 2.24) is 9.88 Å². The minimum Gasteiger partial charge on any atom is -0.336 e. The third-order valence-electron chi connectivity index (χ3n) is 2.93. The van der Waals surface area contributed by atoms with Crippen LogP contribution in [0.4, 0.5) is 0 Å². The van der Waals surface area contributed by atoms with Crippen molar-refractivity contribution in [2.24, 2.45) is 0 Å². The van der Waals surface area contributed by atoms with Crippen molar-refractivity contribution in [3.63, 3.8) is 0 Å². The summed E-state index contributed by atoms with van der Waals surface area (Å²) in [7, 11) is 0. The zero-order valence-electron chi connectivity index (χ0n) is 10.8. The first-order valence-electron chi connectivity index (χ1n) is 6.04. The van der Waals surface area contributed by atoms with Crippen molar-refractivity contribution in [2.75, 3.05) is 13.1 Å². The van der Waals surface area contributed by atoms with Crippen LogP contribution in [0.3, 0.4) is 0 Å². The maximum Gasteiger partial charge on any atom is 0.257 e.